The third-order valence-corrected chi connectivity index (χ3v) is 2.57. The number of ether oxygens (including phenoxy) is 1. The molecule has 1 heterocycles. The van der Waals surface area contributed by atoms with Crippen molar-refractivity contribution in [2.24, 2.45) is 5.84 Å². The Morgan fingerprint density at radius 2 is 2.11 bits per heavy atom. The predicted octanol–water partition coefficient (Wildman–Crippen LogP) is 1.41. The van der Waals surface area contributed by atoms with Crippen molar-refractivity contribution in [3.05, 3.63) is 42.4 Å². The number of anilines is 2. The summed E-state index contributed by atoms with van der Waals surface area (Å²) in [5.74, 6) is 6.55. The third-order valence-electron chi connectivity index (χ3n) is 2.57. The lowest BCUT2D eigenvalue weighted by molar-refractivity contribution is 0.301. The van der Waals surface area contributed by atoms with E-state index in [1.54, 1.807) is 12.4 Å². The van der Waals surface area contributed by atoms with Crippen LogP contribution in [0.5, 0.6) is 5.75 Å². The minimum Gasteiger partial charge on any atom is -0.487 e. The minimum absolute atomic E-state index is 0.370. The number of hydrazine groups is 1. The highest BCUT2D eigenvalue weighted by molar-refractivity contribution is 5.49. The van der Waals surface area contributed by atoms with Crippen LogP contribution in [0.15, 0.2) is 36.7 Å². The van der Waals surface area contributed by atoms with Gasteiger partial charge in [0.15, 0.2) is 5.82 Å². The van der Waals surface area contributed by atoms with Crippen LogP contribution >= 0.6 is 0 Å². The highest BCUT2D eigenvalue weighted by Gasteiger charge is 2.01. The summed E-state index contributed by atoms with van der Waals surface area (Å²) in [6.45, 7) is 0.370. The molecule has 100 valence electrons. The largest absolute Gasteiger partial charge is 0.487 e. The quantitative estimate of drug-likeness (QED) is 0.624. The van der Waals surface area contributed by atoms with Crippen molar-refractivity contribution in [3.63, 3.8) is 0 Å². The highest BCUT2D eigenvalue weighted by atomic mass is 16.5. The molecular formula is C13H17N5O. The Kier molecular flexibility index (Phi) is 4.15. The van der Waals surface area contributed by atoms with Gasteiger partial charge in [-0.2, -0.15) is 0 Å². The maximum atomic E-state index is 5.68. The van der Waals surface area contributed by atoms with E-state index in [0.717, 1.165) is 17.1 Å². The summed E-state index contributed by atoms with van der Waals surface area (Å²) in [5, 5.41) is 0. The van der Waals surface area contributed by atoms with Gasteiger partial charge in [0.25, 0.3) is 0 Å². The van der Waals surface area contributed by atoms with E-state index in [9.17, 15) is 0 Å². The van der Waals surface area contributed by atoms with Crippen molar-refractivity contribution in [2.75, 3.05) is 24.4 Å². The van der Waals surface area contributed by atoms with Crippen LogP contribution in [0.1, 0.15) is 5.69 Å². The zero-order chi connectivity index (χ0) is 13.7. The van der Waals surface area contributed by atoms with Crippen LogP contribution in [-0.4, -0.2) is 24.1 Å². The second-order valence-electron chi connectivity index (χ2n) is 4.22. The zero-order valence-electron chi connectivity index (χ0n) is 11.0. The first kappa shape index (κ1) is 13.1. The topological polar surface area (TPSA) is 76.3 Å². The molecule has 6 nitrogen and oxygen atoms in total. The molecule has 3 N–H and O–H groups in total. The van der Waals surface area contributed by atoms with Crippen LogP contribution in [0.25, 0.3) is 0 Å². The molecule has 0 saturated carbocycles. The molecule has 0 amide bonds. The molecule has 0 aliphatic heterocycles. The molecule has 0 aliphatic rings. The highest BCUT2D eigenvalue weighted by Crippen LogP contribution is 2.20. The summed E-state index contributed by atoms with van der Waals surface area (Å²) in [4.78, 5) is 10.3. The van der Waals surface area contributed by atoms with E-state index in [2.05, 4.69) is 15.4 Å². The molecular weight excluding hydrogens is 242 g/mol. The number of nitrogens with two attached hydrogens (primary N) is 1. The lowest BCUT2D eigenvalue weighted by Gasteiger charge is -2.13. The van der Waals surface area contributed by atoms with Crippen molar-refractivity contribution >= 4 is 11.5 Å². The van der Waals surface area contributed by atoms with Crippen LogP contribution in [0.4, 0.5) is 11.5 Å². The van der Waals surface area contributed by atoms with Crippen LogP contribution in [0.2, 0.25) is 0 Å². The number of benzene rings is 1. The van der Waals surface area contributed by atoms with E-state index < -0.39 is 0 Å². The molecule has 2 rings (SSSR count). The van der Waals surface area contributed by atoms with E-state index in [1.807, 2.05) is 43.3 Å². The lowest BCUT2D eigenvalue weighted by atomic mass is 10.3. The minimum atomic E-state index is 0.370. The summed E-state index contributed by atoms with van der Waals surface area (Å²) in [5.41, 5.74) is 4.26. The molecule has 2 aromatic rings. The van der Waals surface area contributed by atoms with Gasteiger partial charge in [-0.25, -0.2) is 10.8 Å². The molecule has 0 spiro atoms. The molecule has 0 saturated heterocycles. The van der Waals surface area contributed by atoms with E-state index in [4.69, 9.17) is 10.6 Å². The Labute approximate surface area is 112 Å². The SMILES string of the molecule is CN(C)c1cccc(OCc2cnc(NN)cn2)c1. The van der Waals surface area contributed by atoms with Crippen molar-refractivity contribution in [3.8, 4) is 5.75 Å². The molecule has 19 heavy (non-hydrogen) atoms. The van der Waals surface area contributed by atoms with E-state index in [-0.39, 0.29) is 0 Å². The molecule has 0 fully saturated rings. The molecule has 0 aliphatic carbocycles. The van der Waals surface area contributed by atoms with Crippen LogP contribution in [0, 0.1) is 0 Å². The average Bonchev–Trinajstić information content (AvgIpc) is 2.46. The van der Waals surface area contributed by atoms with Gasteiger partial charge < -0.3 is 15.1 Å². The van der Waals surface area contributed by atoms with Gasteiger partial charge in [0.1, 0.15) is 12.4 Å². The monoisotopic (exact) mass is 259 g/mol. The maximum Gasteiger partial charge on any atom is 0.158 e. The van der Waals surface area contributed by atoms with Crippen molar-refractivity contribution in [2.45, 2.75) is 6.61 Å². The summed E-state index contributed by atoms with van der Waals surface area (Å²) in [7, 11) is 3.98. The fourth-order valence-electron chi connectivity index (χ4n) is 1.51. The second kappa shape index (κ2) is 6.01. The van der Waals surface area contributed by atoms with Gasteiger partial charge in [0.2, 0.25) is 0 Å². The predicted molar refractivity (Wildman–Crippen MR) is 74.9 cm³/mol. The van der Waals surface area contributed by atoms with Crippen LogP contribution in [-0.2, 0) is 6.61 Å². The number of nitrogen functional groups attached to an aromatic ring is 1. The van der Waals surface area contributed by atoms with Gasteiger partial charge in [-0.15, -0.1) is 0 Å². The maximum absolute atomic E-state index is 5.68. The number of hydrogen-bond acceptors (Lipinski definition) is 6. The molecule has 0 unspecified atom stereocenters. The van der Waals surface area contributed by atoms with Crippen molar-refractivity contribution in [1.29, 1.82) is 0 Å². The van der Waals surface area contributed by atoms with Gasteiger partial charge in [-0.1, -0.05) is 6.07 Å². The molecule has 1 aromatic heterocycles. The first-order valence-corrected chi connectivity index (χ1v) is 5.87. The Balaban J connectivity index is 1.99. The molecule has 0 bridgehead atoms. The summed E-state index contributed by atoms with van der Waals surface area (Å²) in [6, 6.07) is 7.87. The Morgan fingerprint density at radius 1 is 1.26 bits per heavy atom. The zero-order valence-corrected chi connectivity index (χ0v) is 11.0. The standard InChI is InChI=1S/C13H17N5O/c1-18(2)11-4-3-5-12(6-11)19-9-10-7-16-13(17-14)8-15-10/h3-8H,9,14H2,1-2H3,(H,16,17). The van der Waals surface area contributed by atoms with Gasteiger partial charge in [0, 0.05) is 25.8 Å². The fraction of sp³-hybridized carbons (Fsp3) is 0.231. The molecule has 1 aromatic carbocycles. The van der Waals surface area contributed by atoms with Gasteiger partial charge in [-0.3, -0.25) is 4.98 Å². The lowest BCUT2D eigenvalue weighted by Crippen LogP contribution is -2.10. The fourth-order valence-corrected chi connectivity index (χ4v) is 1.51. The van der Waals surface area contributed by atoms with Crippen molar-refractivity contribution < 1.29 is 4.74 Å². The number of nitrogens with zero attached hydrogens (tertiary/aromatic N) is 3. The van der Waals surface area contributed by atoms with Crippen LogP contribution in [0.3, 0.4) is 0 Å². The Morgan fingerprint density at radius 3 is 2.74 bits per heavy atom. The summed E-state index contributed by atoms with van der Waals surface area (Å²) in [6.07, 6.45) is 3.19. The Hall–Kier alpha value is -2.34. The van der Waals surface area contributed by atoms with Gasteiger partial charge >= 0.3 is 0 Å². The first-order chi connectivity index (χ1) is 9.19. The van der Waals surface area contributed by atoms with E-state index >= 15 is 0 Å². The number of hydrogen-bond donors (Lipinski definition) is 2. The molecule has 0 atom stereocenters. The van der Waals surface area contributed by atoms with Gasteiger partial charge in [-0.05, 0) is 12.1 Å². The normalized spacial score (nSPS) is 10.1. The molecule has 0 radical (unpaired) electrons. The molecule has 6 heteroatoms. The second-order valence-corrected chi connectivity index (χ2v) is 4.22. The van der Waals surface area contributed by atoms with E-state index in [1.165, 1.54) is 0 Å². The number of nitrogens with one attached hydrogen (secondary N) is 1. The smallest absolute Gasteiger partial charge is 0.158 e. The van der Waals surface area contributed by atoms with E-state index in [0.29, 0.717) is 12.4 Å². The number of aromatic nitrogens is 2. The summed E-state index contributed by atoms with van der Waals surface area (Å²) < 4.78 is 5.68. The average molecular weight is 259 g/mol. The van der Waals surface area contributed by atoms with Crippen LogP contribution < -0.4 is 20.9 Å². The third kappa shape index (κ3) is 3.56. The number of rotatable bonds is 5. The van der Waals surface area contributed by atoms with Crippen molar-refractivity contribution in [1.82, 2.24) is 9.97 Å². The van der Waals surface area contributed by atoms with Gasteiger partial charge in [0.05, 0.1) is 18.1 Å². The summed E-state index contributed by atoms with van der Waals surface area (Å²) >= 11 is 0. The Bertz CT molecular complexity index is 527. The first-order valence-electron chi connectivity index (χ1n) is 5.87.